The summed E-state index contributed by atoms with van der Waals surface area (Å²) in [5.41, 5.74) is -5.59. The Balaban J connectivity index is 2.95. The van der Waals surface area contributed by atoms with Crippen molar-refractivity contribution in [1.29, 1.82) is 0 Å². The van der Waals surface area contributed by atoms with Crippen molar-refractivity contribution >= 4 is 40.8 Å². The second kappa shape index (κ2) is 7.07. The Labute approximate surface area is 154 Å². The smallest absolute Gasteiger partial charge is 0.365 e. The molecule has 26 heavy (non-hydrogen) atoms. The van der Waals surface area contributed by atoms with E-state index in [0.29, 0.717) is 12.8 Å². The molecule has 0 unspecified atom stereocenters. The van der Waals surface area contributed by atoms with Crippen LogP contribution >= 0.6 is 23.2 Å². The molecule has 0 spiro atoms. The number of nitrogens with one attached hydrogen (secondary N) is 1. The maximum atomic E-state index is 13.8. The first-order valence-electron chi connectivity index (χ1n) is 7.07. The number of nitrogens with zero attached hydrogens (tertiary/aromatic N) is 1. The van der Waals surface area contributed by atoms with Crippen LogP contribution in [0.4, 0.5) is 23.2 Å². The lowest BCUT2D eigenvalue weighted by Crippen LogP contribution is -2.27. The minimum atomic E-state index is -4.32. The van der Waals surface area contributed by atoms with Gasteiger partial charge >= 0.3 is 22.7 Å². The number of ether oxygens (including phenoxy) is 2. The highest BCUT2D eigenvalue weighted by Crippen LogP contribution is 2.44. The quantitative estimate of drug-likeness (QED) is 0.430. The molecule has 0 amide bonds. The second-order valence-electron chi connectivity index (χ2n) is 5.33. The number of halogens is 6. The van der Waals surface area contributed by atoms with Crippen LogP contribution in [0.25, 0.3) is 0 Å². The molecule has 2 rings (SSSR count). The third-order valence-corrected chi connectivity index (χ3v) is 3.80. The predicted octanol–water partition coefficient (Wildman–Crippen LogP) is 3.81. The summed E-state index contributed by atoms with van der Waals surface area (Å²) in [4.78, 5) is 27.2. The number of rotatable bonds is 6. The number of pyridine rings is 1. The maximum Gasteiger partial charge on any atom is 0.365 e. The second-order valence-corrected chi connectivity index (χ2v) is 6.28. The molecule has 0 radical (unpaired) electrons. The molecule has 144 valence electrons. The summed E-state index contributed by atoms with van der Waals surface area (Å²) >= 11 is 9.88. The fourth-order valence-electron chi connectivity index (χ4n) is 2.17. The molecule has 1 aliphatic carbocycles. The number of anilines is 1. The minimum absolute atomic E-state index is 0.335. The molecule has 0 atom stereocenters. The lowest BCUT2D eigenvalue weighted by molar-refractivity contribution is 0.0529. The Morgan fingerprint density at radius 2 is 1.38 bits per heavy atom. The van der Waals surface area contributed by atoms with Gasteiger partial charge in [0.1, 0.15) is 22.5 Å². The van der Waals surface area contributed by atoms with Gasteiger partial charge < -0.3 is 14.8 Å². The van der Waals surface area contributed by atoms with E-state index in [9.17, 15) is 27.2 Å². The monoisotopic (exact) mass is 418 g/mol. The Bertz CT molecular complexity index is 694. The fraction of sp³-hybridized carbons (Fsp3) is 0.500. The van der Waals surface area contributed by atoms with Crippen LogP contribution in [-0.2, 0) is 20.2 Å². The molecule has 1 aromatic rings. The zero-order chi connectivity index (χ0) is 19.9. The zero-order valence-corrected chi connectivity index (χ0v) is 14.9. The molecule has 1 aliphatic rings. The van der Waals surface area contributed by atoms with E-state index in [1.54, 1.807) is 0 Å². The lowest BCUT2D eigenvalue weighted by atomic mass is 10.0. The SMILES string of the molecule is COC(=O)c1c(C(F)(F)Cl)nc(C(F)(F)Cl)c(C(=O)OC)c1NC1CC1. The van der Waals surface area contributed by atoms with Gasteiger partial charge in [0.25, 0.3) is 0 Å². The molecule has 1 heterocycles. The molecule has 1 aromatic heterocycles. The van der Waals surface area contributed by atoms with Gasteiger partial charge in [-0.15, -0.1) is 0 Å². The highest BCUT2D eigenvalue weighted by Gasteiger charge is 2.46. The van der Waals surface area contributed by atoms with E-state index < -0.39 is 50.9 Å². The summed E-state index contributed by atoms with van der Waals surface area (Å²) in [5.74, 6) is -2.71. The van der Waals surface area contributed by atoms with Crippen molar-refractivity contribution in [2.45, 2.75) is 29.6 Å². The van der Waals surface area contributed by atoms with Crippen LogP contribution in [0.3, 0.4) is 0 Å². The number of hydrogen-bond donors (Lipinski definition) is 1. The summed E-state index contributed by atoms with van der Waals surface area (Å²) in [6.45, 7) is 0. The van der Waals surface area contributed by atoms with Crippen LogP contribution in [0.15, 0.2) is 0 Å². The minimum Gasteiger partial charge on any atom is -0.465 e. The van der Waals surface area contributed by atoms with Crippen LogP contribution in [-0.4, -0.2) is 37.2 Å². The number of esters is 2. The standard InChI is InChI=1S/C14H12Cl2F4N2O4/c1-25-11(23)6-8(21-5-3-4-5)7(12(24)26-2)10(14(16,19)20)22-9(6)13(15,17)18/h5H,3-4H2,1-2H3,(H,21,22). The summed E-state index contributed by atoms with van der Waals surface area (Å²) in [6, 6.07) is -0.335. The summed E-state index contributed by atoms with van der Waals surface area (Å²) in [5, 5.41) is -6.07. The Kier molecular flexibility index (Phi) is 5.57. The first kappa shape index (κ1) is 20.5. The van der Waals surface area contributed by atoms with Gasteiger partial charge in [0.15, 0.2) is 0 Å². The first-order chi connectivity index (χ1) is 11.9. The van der Waals surface area contributed by atoms with Crippen LogP contribution in [0, 0.1) is 0 Å². The van der Waals surface area contributed by atoms with Gasteiger partial charge in [-0.3, -0.25) is 0 Å². The van der Waals surface area contributed by atoms with Gasteiger partial charge in [0.2, 0.25) is 0 Å². The van der Waals surface area contributed by atoms with Gasteiger partial charge in [0, 0.05) is 6.04 Å². The predicted molar refractivity (Wildman–Crippen MR) is 83.1 cm³/mol. The number of hydrogen-bond acceptors (Lipinski definition) is 6. The average molecular weight is 419 g/mol. The van der Waals surface area contributed by atoms with Gasteiger partial charge in [-0.1, -0.05) is 0 Å². The molecular weight excluding hydrogens is 407 g/mol. The normalized spacial score (nSPS) is 14.8. The summed E-state index contributed by atoms with van der Waals surface area (Å²) in [7, 11) is 1.75. The molecule has 1 fully saturated rings. The van der Waals surface area contributed by atoms with Gasteiger partial charge in [-0.05, 0) is 36.0 Å². The van der Waals surface area contributed by atoms with Crippen molar-refractivity contribution in [3.05, 3.63) is 22.5 Å². The Morgan fingerprint density at radius 1 is 1.00 bits per heavy atom. The van der Waals surface area contributed by atoms with E-state index in [0.717, 1.165) is 14.2 Å². The number of aromatic nitrogens is 1. The molecule has 6 nitrogen and oxygen atoms in total. The van der Waals surface area contributed by atoms with Gasteiger partial charge in [0.05, 0.1) is 19.9 Å². The van der Waals surface area contributed by atoms with E-state index in [1.807, 2.05) is 0 Å². The molecule has 1 saturated carbocycles. The van der Waals surface area contributed by atoms with Crippen LogP contribution in [0.1, 0.15) is 44.9 Å². The highest BCUT2D eigenvalue weighted by atomic mass is 35.5. The Morgan fingerprint density at radius 3 is 1.65 bits per heavy atom. The van der Waals surface area contributed by atoms with Crippen molar-refractivity contribution < 1.29 is 36.6 Å². The molecule has 0 saturated heterocycles. The van der Waals surface area contributed by atoms with Crippen molar-refractivity contribution in [1.82, 2.24) is 4.98 Å². The number of alkyl halides is 6. The first-order valence-corrected chi connectivity index (χ1v) is 7.83. The largest absolute Gasteiger partial charge is 0.465 e. The molecule has 1 N–H and O–H groups in total. The van der Waals surface area contributed by atoms with Crippen molar-refractivity contribution in [3.63, 3.8) is 0 Å². The number of carbonyl (C=O) groups excluding carboxylic acids is 2. The van der Waals surface area contributed by atoms with Crippen LogP contribution in [0.2, 0.25) is 0 Å². The molecule has 0 bridgehead atoms. The van der Waals surface area contributed by atoms with Crippen LogP contribution < -0.4 is 5.32 Å². The van der Waals surface area contributed by atoms with Crippen molar-refractivity contribution in [2.75, 3.05) is 19.5 Å². The molecule has 12 heteroatoms. The van der Waals surface area contributed by atoms with E-state index in [1.165, 1.54) is 0 Å². The molecule has 0 aliphatic heterocycles. The zero-order valence-electron chi connectivity index (χ0n) is 13.3. The highest BCUT2D eigenvalue weighted by molar-refractivity contribution is 6.24. The van der Waals surface area contributed by atoms with E-state index >= 15 is 0 Å². The third-order valence-electron chi connectivity index (χ3n) is 3.44. The van der Waals surface area contributed by atoms with E-state index in [4.69, 9.17) is 23.2 Å². The number of methoxy groups -OCH3 is 2. The fourth-order valence-corrected chi connectivity index (χ4v) is 2.45. The topological polar surface area (TPSA) is 77.5 Å². The third kappa shape index (κ3) is 4.12. The maximum absolute atomic E-state index is 13.8. The van der Waals surface area contributed by atoms with E-state index in [2.05, 4.69) is 19.8 Å². The summed E-state index contributed by atoms with van der Waals surface area (Å²) < 4.78 is 64.0. The van der Waals surface area contributed by atoms with Crippen LogP contribution in [0.5, 0.6) is 0 Å². The van der Waals surface area contributed by atoms with Crippen molar-refractivity contribution in [3.8, 4) is 0 Å². The van der Waals surface area contributed by atoms with Gasteiger partial charge in [-0.25, -0.2) is 14.6 Å². The molecular formula is C14H12Cl2F4N2O4. The van der Waals surface area contributed by atoms with E-state index in [-0.39, 0.29) is 6.04 Å². The van der Waals surface area contributed by atoms with Gasteiger partial charge in [-0.2, -0.15) is 17.6 Å². The van der Waals surface area contributed by atoms with Crippen molar-refractivity contribution in [2.24, 2.45) is 0 Å². The molecule has 0 aromatic carbocycles. The summed E-state index contributed by atoms with van der Waals surface area (Å²) in [6.07, 6.45) is 1.12. The Hall–Kier alpha value is -1.81. The average Bonchev–Trinajstić information content (AvgIpc) is 3.34. The lowest BCUT2D eigenvalue weighted by Gasteiger charge is -2.23. The number of carbonyl (C=O) groups is 2.